The minimum Gasteiger partial charge on any atom is -0.353 e. The summed E-state index contributed by atoms with van der Waals surface area (Å²) in [5.41, 5.74) is 2.73. The summed E-state index contributed by atoms with van der Waals surface area (Å²) in [7, 11) is 0. The molecule has 1 aliphatic carbocycles. The summed E-state index contributed by atoms with van der Waals surface area (Å²) in [6.45, 7) is 2.61. The Balaban J connectivity index is 1.10. The molecule has 160 valence electrons. The van der Waals surface area contributed by atoms with Crippen molar-refractivity contribution in [3.63, 3.8) is 0 Å². The third-order valence-electron chi connectivity index (χ3n) is 5.93. The summed E-state index contributed by atoms with van der Waals surface area (Å²) in [5.74, 6) is 2.52. The molecule has 0 bridgehead atoms. The first kappa shape index (κ1) is 18.9. The zero-order chi connectivity index (χ0) is 21.5. The van der Waals surface area contributed by atoms with E-state index < -0.39 is 0 Å². The third kappa shape index (κ3) is 3.55. The number of piperazine rings is 1. The van der Waals surface area contributed by atoms with E-state index in [1.54, 1.807) is 12.4 Å². The lowest BCUT2D eigenvalue weighted by atomic mass is 10.2. The number of fused-ring (bicyclic) bond motifs is 1. The predicted octanol–water partition coefficient (Wildman–Crippen LogP) is 2.91. The van der Waals surface area contributed by atoms with Crippen molar-refractivity contribution >= 4 is 22.8 Å². The summed E-state index contributed by atoms with van der Waals surface area (Å²) < 4.78 is 5.34. The normalized spacial score (nSPS) is 16.5. The van der Waals surface area contributed by atoms with Crippen molar-refractivity contribution in [1.82, 2.24) is 30.0 Å². The van der Waals surface area contributed by atoms with E-state index in [9.17, 15) is 4.79 Å². The molecule has 32 heavy (non-hydrogen) atoms. The third-order valence-corrected chi connectivity index (χ3v) is 5.93. The number of carbonyl (C=O) groups excluding carboxylic acids is 1. The highest BCUT2D eigenvalue weighted by Crippen LogP contribution is 2.39. The zero-order valence-corrected chi connectivity index (χ0v) is 17.4. The molecule has 6 rings (SSSR count). The lowest BCUT2D eigenvalue weighted by molar-refractivity contribution is 0.0740. The van der Waals surface area contributed by atoms with Crippen LogP contribution in [0.5, 0.6) is 0 Å². The van der Waals surface area contributed by atoms with Crippen LogP contribution in [-0.4, -0.2) is 62.1 Å². The van der Waals surface area contributed by atoms with Gasteiger partial charge in [-0.2, -0.15) is 4.98 Å². The van der Waals surface area contributed by atoms with Crippen LogP contribution in [0.15, 0.2) is 53.3 Å². The fourth-order valence-corrected chi connectivity index (χ4v) is 3.91. The molecule has 4 heterocycles. The largest absolute Gasteiger partial charge is 0.353 e. The molecule has 1 aliphatic heterocycles. The van der Waals surface area contributed by atoms with Gasteiger partial charge in [0.05, 0.1) is 17.2 Å². The highest BCUT2D eigenvalue weighted by Gasteiger charge is 2.30. The van der Waals surface area contributed by atoms with E-state index in [1.807, 2.05) is 41.3 Å². The molecule has 2 aliphatic rings. The molecule has 0 spiro atoms. The van der Waals surface area contributed by atoms with Gasteiger partial charge >= 0.3 is 0 Å². The average molecular weight is 427 g/mol. The zero-order valence-electron chi connectivity index (χ0n) is 17.4. The molecule has 1 saturated carbocycles. The van der Waals surface area contributed by atoms with Crippen molar-refractivity contribution < 1.29 is 9.32 Å². The van der Waals surface area contributed by atoms with E-state index in [0.717, 1.165) is 41.1 Å². The number of rotatable bonds is 4. The topological polar surface area (TPSA) is 101 Å². The van der Waals surface area contributed by atoms with E-state index in [4.69, 9.17) is 4.52 Å². The Bertz CT molecular complexity index is 1280. The van der Waals surface area contributed by atoms with Crippen LogP contribution in [0.25, 0.3) is 22.4 Å². The Morgan fingerprint density at radius 3 is 2.47 bits per heavy atom. The second-order valence-corrected chi connectivity index (χ2v) is 8.16. The number of anilines is 1. The number of aromatic nitrogens is 5. The van der Waals surface area contributed by atoms with Crippen molar-refractivity contribution in [2.45, 2.75) is 18.8 Å². The first-order valence-corrected chi connectivity index (χ1v) is 10.8. The van der Waals surface area contributed by atoms with Crippen LogP contribution in [0.1, 0.15) is 35.1 Å². The van der Waals surface area contributed by atoms with Crippen LogP contribution in [0.3, 0.4) is 0 Å². The molecule has 1 saturated heterocycles. The molecule has 4 aromatic rings. The molecule has 0 radical (unpaired) electrons. The minimum absolute atomic E-state index is 0.0882. The van der Waals surface area contributed by atoms with Gasteiger partial charge in [-0.3, -0.25) is 9.78 Å². The molecular formula is C23H21N7O2. The van der Waals surface area contributed by atoms with E-state index in [0.29, 0.717) is 43.6 Å². The SMILES string of the molecule is O=C(c1cnc2ccccc2n1)N1CCN(c2ccc(-c3noc(C4CC4)n3)cn2)CC1. The lowest BCUT2D eigenvalue weighted by Gasteiger charge is -2.35. The van der Waals surface area contributed by atoms with Gasteiger partial charge in [-0.25, -0.2) is 9.97 Å². The molecule has 0 N–H and O–H groups in total. The van der Waals surface area contributed by atoms with Crippen molar-refractivity contribution in [1.29, 1.82) is 0 Å². The van der Waals surface area contributed by atoms with Gasteiger partial charge in [0.15, 0.2) is 0 Å². The molecule has 2 fully saturated rings. The van der Waals surface area contributed by atoms with Gasteiger partial charge in [0.25, 0.3) is 5.91 Å². The van der Waals surface area contributed by atoms with E-state index in [1.165, 1.54) is 0 Å². The van der Waals surface area contributed by atoms with Crippen LogP contribution in [0.4, 0.5) is 5.82 Å². The van der Waals surface area contributed by atoms with Gasteiger partial charge in [-0.05, 0) is 37.1 Å². The smallest absolute Gasteiger partial charge is 0.274 e. The highest BCUT2D eigenvalue weighted by atomic mass is 16.5. The summed E-state index contributed by atoms with van der Waals surface area (Å²) in [5, 5.41) is 4.07. The summed E-state index contributed by atoms with van der Waals surface area (Å²) >= 11 is 0. The first-order valence-electron chi connectivity index (χ1n) is 10.8. The van der Waals surface area contributed by atoms with Crippen molar-refractivity contribution in [2.75, 3.05) is 31.1 Å². The number of hydrogen-bond donors (Lipinski definition) is 0. The molecule has 1 aromatic carbocycles. The molecule has 0 unspecified atom stereocenters. The fourth-order valence-electron chi connectivity index (χ4n) is 3.91. The van der Waals surface area contributed by atoms with Gasteiger partial charge in [-0.15, -0.1) is 0 Å². The van der Waals surface area contributed by atoms with Crippen LogP contribution in [0.2, 0.25) is 0 Å². The number of amides is 1. The summed E-state index contributed by atoms with van der Waals surface area (Å²) in [6.07, 6.45) is 5.59. The van der Waals surface area contributed by atoms with Crippen molar-refractivity contribution in [3.05, 3.63) is 60.4 Å². The highest BCUT2D eigenvalue weighted by molar-refractivity contribution is 5.94. The van der Waals surface area contributed by atoms with Crippen molar-refractivity contribution in [2.24, 2.45) is 0 Å². The van der Waals surface area contributed by atoms with Gasteiger partial charge in [0.1, 0.15) is 11.5 Å². The summed E-state index contributed by atoms with van der Waals surface area (Å²) in [6, 6.07) is 11.5. The Labute approximate surface area is 184 Å². The molecule has 0 atom stereocenters. The maximum absolute atomic E-state index is 12.9. The molecule has 3 aromatic heterocycles. The number of para-hydroxylation sites is 2. The first-order chi connectivity index (χ1) is 15.7. The van der Waals surface area contributed by atoms with E-state index >= 15 is 0 Å². The fraction of sp³-hybridized carbons (Fsp3) is 0.304. The van der Waals surface area contributed by atoms with Crippen LogP contribution < -0.4 is 4.90 Å². The summed E-state index contributed by atoms with van der Waals surface area (Å²) in [4.78, 5) is 34.8. The van der Waals surface area contributed by atoms with Crippen LogP contribution in [-0.2, 0) is 0 Å². The second kappa shape index (κ2) is 7.67. The van der Waals surface area contributed by atoms with Crippen LogP contribution in [0, 0.1) is 0 Å². The number of pyridine rings is 1. The Morgan fingerprint density at radius 2 is 1.72 bits per heavy atom. The maximum atomic E-state index is 12.9. The molecule has 9 heteroatoms. The Hall–Kier alpha value is -3.88. The predicted molar refractivity (Wildman–Crippen MR) is 117 cm³/mol. The van der Waals surface area contributed by atoms with Gasteiger partial charge < -0.3 is 14.3 Å². The minimum atomic E-state index is -0.0882. The number of benzene rings is 1. The van der Waals surface area contributed by atoms with E-state index in [2.05, 4.69) is 30.0 Å². The monoisotopic (exact) mass is 427 g/mol. The number of carbonyl (C=O) groups is 1. The molecule has 9 nitrogen and oxygen atoms in total. The standard InChI is InChI=1S/C23H21N7O2/c31-23(19-14-24-17-3-1-2-4-18(17)26-19)30-11-9-29(10-12-30)20-8-7-16(13-25-20)21-27-22(32-28-21)15-5-6-15/h1-4,7-8,13-15H,5-6,9-12H2. The van der Waals surface area contributed by atoms with Crippen LogP contribution >= 0.6 is 0 Å². The van der Waals surface area contributed by atoms with Gasteiger partial charge in [0.2, 0.25) is 11.7 Å². The second-order valence-electron chi connectivity index (χ2n) is 8.16. The average Bonchev–Trinajstić information content (AvgIpc) is 3.60. The number of hydrogen-bond acceptors (Lipinski definition) is 8. The molecular weight excluding hydrogens is 406 g/mol. The van der Waals surface area contributed by atoms with Gasteiger partial charge in [-0.1, -0.05) is 17.3 Å². The Kier molecular flexibility index (Phi) is 4.52. The van der Waals surface area contributed by atoms with E-state index in [-0.39, 0.29) is 5.91 Å². The lowest BCUT2D eigenvalue weighted by Crippen LogP contribution is -2.49. The van der Waals surface area contributed by atoms with Gasteiger partial charge in [0, 0.05) is 43.9 Å². The quantitative estimate of drug-likeness (QED) is 0.490. The van der Waals surface area contributed by atoms with Crippen molar-refractivity contribution in [3.8, 4) is 11.4 Å². The molecule has 1 amide bonds. The Morgan fingerprint density at radius 1 is 0.906 bits per heavy atom. The maximum Gasteiger partial charge on any atom is 0.274 e. The number of nitrogens with zero attached hydrogens (tertiary/aromatic N) is 7.